The number of hydrogen-bond acceptors (Lipinski definition) is 7. The maximum Gasteiger partial charge on any atom is 0.303 e. The number of phenolic OH excluding ortho intramolecular Hbond substituents is 1. The minimum absolute atomic E-state index is 0.0117. The van der Waals surface area contributed by atoms with Crippen LogP contribution in [0.15, 0.2) is 61.2 Å². The highest BCUT2D eigenvalue weighted by atomic mass is 16.4. The molecule has 2 unspecified atom stereocenters. The number of aliphatic carboxylic acids is 1. The van der Waals surface area contributed by atoms with Gasteiger partial charge in [0.15, 0.2) is 0 Å². The lowest BCUT2D eigenvalue weighted by Crippen LogP contribution is -2.57. The van der Waals surface area contributed by atoms with Crippen LogP contribution >= 0.6 is 0 Å². The molecular weight excluding hydrogens is 468 g/mol. The molecule has 1 aliphatic heterocycles. The molecule has 1 fully saturated rings. The van der Waals surface area contributed by atoms with Crippen LogP contribution in [-0.4, -0.2) is 77.9 Å². The van der Waals surface area contributed by atoms with E-state index in [1.54, 1.807) is 6.07 Å². The first-order valence-electron chi connectivity index (χ1n) is 12.8. The van der Waals surface area contributed by atoms with Crippen molar-refractivity contribution < 1.29 is 15.0 Å². The number of nitrogens with zero attached hydrogens (tertiary/aromatic N) is 6. The molecule has 9 nitrogen and oxygen atoms in total. The molecule has 2 heterocycles. The molecule has 196 valence electrons. The van der Waals surface area contributed by atoms with Gasteiger partial charge >= 0.3 is 5.97 Å². The molecule has 1 saturated heterocycles. The second-order valence-electron chi connectivity index (χ2n) is 9.82. The van der Waals surface area contributed by atoms with Gasteiger partial charge in [-0.05, 0) is 55.2 Å². The van der Waals surface area contributed by atoms with E-state index in [1.165, 1.54) is 4.80 Å². The van der Waals surface area contributed by atoms with Crippen LogP contribution in [0.5, 0.6) is 5.75 Å². The summed E-state index contributed by atoms with van der Waals surface area (Å²) in [6.07, 6.45) is 3.37. The summed E-state index contributed by atoms with van der Waals surface area (Å²) in [6, 6.07) is 16.4. The predicted octanol–water partition coefficient (Wildman–Crippen LogP) is 3.97. The van der Waals surface area contributed by atoms with Gasteiger partial charge in [-0.2, -0.15) is 4.80 Å². The SMILES string of the molecule is C=CCN1C[C@H](C)N(C(c2ccc(-c3nnn(CCCCC(=O)O)n3)cc2)c2cccc(O)c2)CC1C. The van der Waals surface area contributed by atoms with Crippen molar-refractivity contribution in [3.05, 3.63) is 72.3 Å². The van der Waals surface area contributed by atoms with Gasteiger partial charge < -0.3 is 10.2 Å². The molecule has 2 aromatic carbocycles. The highest BCUT2D eigenvalue weighted by Crippen LogP contribution is 2.35. The van der Waals surface area contributed by atoms with Gasteiger partial charge in [-0.25, -0.2) is 0 Å². The minimum atomic E-state index is -0.793. The molecule has 0 amide bonds. The zero-order valence-corrected chi connectivity index (χ0v) is 21.6. The number of aromatic nitrogens is 4. The third-order valence-corrected chi connectivity index (χ3v) is 6.98. The lowest BCUT2D eigenvalue weighted by atomic mass is 9.92. The normalized spacial score (nSPS) is 19.5. The Morgan fingerprint density at radius 2 is 1.89 bits per heavy atom. The Hall–Kier alpha value is -3.56. The quantitative estimate of drug-likeness (QED) is 0.298. The Kier molecular flexibility index (Phi) is 8.68. The van der Waals surface area contributed by atoms with Crippen molar-refractivity contribution in [1.29, 1.82) is 0 Å². The smallest absolute Gasteiger partial charge is 0.303 e. The number of benzene rings is 2. The fourth-order valence-electron chi connectivity index (χ4n) is 5.07. The molecule has 0 bridgehead atoms. The summed E-state index contributed by atoms with van der Waals surface area (Å²) < 4.78 is 0. The summed E-state index contributed by atoms with van der Waals surface area (Å²) in [7, 11) is 0. The average molecular weight is 505 g/mol. The maximum atomic E-state index is 10.7. The van der Waals surface area contributed by atoms with Crippen molar-refractivity contribution in [2.24, 2.45) is 0 Å². The van der Waals surface area contributed by atoms with Crippen LogP contribution in [0.3, 0.4) is 0 Å². The molecule has 37 heavy (non-hydrogen) atoms. The number of carbonyl (C=O) groups is 1. The molecular formula is C28H36N6O3. The summed E-state index contributed by atoms with van der Waals surface area (Å²) in [6.45, 7) is 11.7. The molecule has 0 saturated carbocycles. The third kappa shape index (κ3) is 6.61. The minimum Gasteiger partial charge on any atom is -0.508 e. The van der Waals surface area contributed by atoms with Gasteiger partial charge in [-0.15, -0.1) is 16.8 Å². The first kappa shape index (κ1) is 26.5. The van der Waals surface area contributed by atoms with Gasteiger partial charge in [-0.3, -0.25) is 14.6 Å². The molecule has 0 radical (unpaired) electrons. The molecule has 3 atom stereocenters. The number of tetrazole rings is 1. The van der Waals surface area contributed by atoms with Gasteiger partial charge in [-0.1, -0.05) is 42.5 Å². The molecule has 4 rings (SSSR count). The second kappa shape index (κ2) is 12.1. The van der Waals surface area contributed by atoms with Crippen molar-refractivity contribution >= 4 is 5.97 Å². The number of carboxylic acids is 1. The van der Waals surface area contributed by atoms with Crippen LogP contribution in [0.4, 0.5) is 0 Å². The van der Waals surface area contributed by atoms with Crippen LogP contribution < -0.4 is 0 Å². The van der Waals surface area contributed by atoms with Crippen molar-refractivity contribution in [3.63, 3.8) is 0 Å². The Labute approximate surface area is 218 Å². The highest BCUT2D eigenvalue weighted by Gasteiger charge is 2.34. The number of hydrogen-bond donors (Lipinski definition) is 2. The van der Waals surface area contributed by atoms with E-state index in [0.29, 0.717) is 37.3 Å². The summed E-state index contributed by atoms with van der Waals surface area (Å²) in [4.78, 5) is 17.2. The van der Waals surface area contributed by atoms with Gasteiger partial charge in [0.25, 0.3) is 0 Å². The lowest BCUT2D eigenvalue weighted by Gasteiger charge is -2.47. The summed E-state index contributed by atoms with van der Waals surface area (Å²) >= 11 is 0. The summed E-state index contributed by atoms with van der Waals surface area (Å²) in [5.74, 6) is 0.00634. The first-order chi connectivity index (χ1) is 17.9. The first-order valence-corrected chi connectivity index (χ1v) is 12.8. The maximum absolute atomic E-state index is 10.7. The highest BCUT2D eigenvalue weighted by molar-refractivity contribution is 5.66. The summed E-state index contributed by atoms with van der Waals surface area (Å²) in [5, 5.41) is 31.8. The largest absolute Gasteiger partial charge is 0.508 e. The number of rotatable bonds is 11. The molecule has 2 N–H and O–H groups in total. The Morgan fingerprint density at radius 1 is 1.11 bits per heavy atom. The van der Waals surface area contributed by atoms with Crippen LogP contribution in [0.2, 0.25) is 0 Å². The Bertz CT molecular complexity index is 1190. The van der Waals surface area contributed by atoms with E-state index < -0.39 is 5.97 Å². The van der Waals surface area contributed by atoms with E-state index in [9.17, 15) is 9.90 Å². The van der Waals surface area contributed by atoms with Gasteiger partial charge in [0.1, 0.15) is 5.75 Å². The van der Waals surface area contributed by atoms with E-state index in [2.05, 4.69) is 63.8 Å². The summed E-state index contributed by atoms with van der Waals surface area (Å²) in [5.41, 5.74) is 3.05. The molecule has 9 heteroatoms. The number of piperazine rings is 1. The van der Waals surface area contributed by atoms with Crippen molar-refractivity contribution in [2.75, 3.05) is 19.6 Å². The number of unbranched alkanes of at least 4 members (excludes halogenated alkanes) is 1. The zero-order chi connectivity index (χ0) is 26.4. The van der Waals surface area contributed by atoms with E-state index in [4.69, 9.17) is 5.11 Å². The van der Waals surface area contributed by atoms with E-state index in [0.717, 1.165) is 36.3 Å². The van der Waals surface area contributed by atoms with Crippen LogP contribution in [0.25, 0.3) is 11.4 Å². The monoisotopic (exact) mass is 504 g/mol. The van der Waals surface area contributed by atoms with Gasteiger partial charge in [0, 0.05) is 43.7 Å². The lowest BCUT2D eigenvalue weighted by molar-refractivity contribution is -0.137. The number of phenols is 1. The van der Waals surface area contributed by atoms with Crippen molar-refractivity contribution in [1.82, 2.24) is 30.0 Å². The number of aryl methyl sites for hydroxylation is 1. The second-order valence-corrected chi connectivity index (χ2v) is 9.82. The van der Waals surface area contributed by atoms with E-state index >= 15 is 0 Å². The molecule has 0 spiro atoms. The fourth-order valence-corrected chi connectivity index (χ4v) is 5.07. The number of carboxylic acid groups (broad SMARTS) is 1. The molecule has 3 aromatic rings. The standard InChI is InChI=1S/C28H36N6O3/c1-4-15-32-18-21(3)33(19-20(32)2)27(24-8-7-9-25(35)17-24)22-11-13-23(14-12-22)28-29-31-34(30-28)16-6-5-10-26(36)37/h4,7-9,11-14,17,20-21,27,35H,1,5-6,10,15-16,18-19H2,2-3H3,(H,36,37)/t20?,21-,27?/m0/s1. The zero-order valence-electron chi connectivity index (χ0n) is 21.6. The molecule has 1 aliphatic rings. The van der Waals surface area contributed by atoms with Crippen LogP contribution in [-0.2, 0) is 11.3 Å². The number of aromatic hydroxyl groups is 1. The Morgan fingerprint density at radius 3 is 2.59 bits per heavy atom. The van der Waals surface area contributed by atoms with Crippen LogP contribution in [0.1, 0.15) is 50.3 Å². The van der Waals surface area contributed by atoms with Crippen molar-refractivity contribution in [2.45, 2.75) is 57.8 Å². The Balaban J connectivity index is 1.55. The van der Waals surface area contributed by atoms with Gasteiger partial charge in [0.2, 0.25) is 5.82 Å². The third-order valence-electron chi connectivity index (χ3n) is 6.98. The average Bonchev–Trinajstić information content (AvgIpc) is 3.34. The van der Waals surface area contributed by atoms with E-state index in [1.807, 2.05) is 30.3 Å². The van der Waals surface area contributed by atoms with Gasteiger partial charge in [0.05, 0.1) is 12.6 Å². The predicted molar refractivity (Wildman–Crippen MR) is 142 cm³/mol. The fraction of sp³-hybridized carbons (Fsp3) is 0.429. The molecule has 1 aromatic heterocycles. The van der Waals surface area contributed by atoms with Crippen molar-refractivity contribution in [3.8, 4) is 17.1 Å². The molecule has 0 aliphatic carbocycles. The van der Waals surface area contributed by atoms with E-state index in [-0.39, 0.29) is 18.2 Å². The van der Waals surface area contributed by atoms with Crippen LogP contribution in [0, 0.1) is 0 Å². The topological polar surface area (TPSA) is 108 Å².